The van der Waals surface area contributed by atoms with E-state index >= 15 is 0 Å². The first-order valence-electron chi connectivity index (χ1n) is 3.07. The third-order valence-corrected chi connectivity index (χ3v) is 2.06. The van der Waals surface area contributed by atoms with Crippen LogP contribution in [0.15, 0.2) is 17.0 Å². The van der Waals surface area contributed by atoms with Gasteiger partial charge in [0.25, 0.3) is 0 Å². The van der Waals surface area contributed by atoms with Gasteiger partial charge in [-0.05, 0) is 25.0 Å². The highest BCUT2D eigenvalue weighted by Gasteiger charge is 2.02. The number of halogens is 1. The highest BCUT2D eigenvalue weighted by molar-refractivity contribution is 7.80. The molecule has 0 fully saturated rings. The van der Waals surface area contributed by atoms with Crippen molar-refractivity contribution in [2.24, 2.45) is 0 Å². The Morgan fingerprint density at radius 1 is 1.20 bits per heavy atom. The fraction of sp³-hybridized carbons (Fsp3) is 0.250. The van der Waals surface area contributed by atoms with Gasteiger partial charge < -0.3 is 0 Å². The molecule has 10 heavy (non-hydrogen) atoms. The molecule has 0 heterocycles. The summed E-state index contributed by atoms with van der Waals surface area (Å²) in [5.74, 6) is -0.205. The second-order valence-corrected chi connectivity index (χ2v) is 2.81. The quantitative estimate of drug-likeness (QED) is 0.548. The molecule has 0 spiro atoms. The van der Waals surface area contributed by atoms with Gasteiger partial charge in [0.15, 0.2) is 0 Å². The summed E-state index contributed by atoms with van der Waals surface area (Å²) >= 11 is 4.01. The summed E-state index contributed by atoms with van der Waals surface area (Å²) in [6.07, 6.45) is 0. The van der Waals surface area contributed by atoms with Crippen molar-refractivity contribution < 1.29 is 4.39 Å². The van der Waals surface area contributed by atoms with Crippen LogP contribution >= 0.6 is 12.6 Å². The van der Waals surface area contributed by atoms with Crippen molar-refractivity contribution in [2.45, 2.75) is 18.7 Å². The molecule has 0 aliphatic heterocycles. The second kappa shape index (κ2) is 2.62. The summed E-state index contributed by atoms with van der Waals surface area (Å²) in [6.45, 7) is 3.57. The van der Waals surface area contributed by atoms with Crippen LogP contribution in [0, 0.1) is 19.7 Å². The van der Waals surface area contributed by atoms with Gasteiger partial charge >= 0.3 is 0 Å². The average molecular weight is 156 g/mol. The zero-order valence-electron chi connectivity index (χ0n) is 5.98. The largest absolute Gasteiger partial charge is 0.205 e. The first kappa shape index (κ1) is 7.61. The molecule has 0 amide bonds. The van der Waals surface area contributed by atoms with E-state index in [2.05, 4.69) is 12.6 Å². The van der Waals surface area contributed by atoms with E-state index in [4.69, 9.17) is 0 Å². The van der Waals surface area contributed by atoms with Crippen molar-refractivity contribution in [3.63, 3.8) is 0 Å². The topological polar surface area (TPSA) is 0 Å². The molecule has 0 saturated heterocycles. The maximum absolute atomic E-state index is 12.9. The summed E-state index contributed by atoms with van der Waals surface area (Å²) in [5, 5.41) is 0. The van der Waals surface area contributed by atoms with Gasteiger partial charge in [-0.25, -0.2) is 4.39 Å². The van der Waals surface area contributed by atoms with E-state index < -0.39 is 0 Å². The van der Waals surface area contributed by atoms with Crippen LogP contribution in [0.3, 0.4) is 0 Å². The molecule has 0 aromatic heterocycles. The van der Waals surface area contributed by atoms with E-state index in [0.717, 1.165) is 5.56 Å². The van der Waals surface area contributed by atoms with E-state index in [9.17, 15) is 4.39 Å². The van der Waals surface area contributed by atoms with Gasteiger partial charge in [0, 0.05) is 4.90 Å². The fourth-order valence-electron chi connectivity index (χ4n) is 0.762. The van der Waals surface area contributed by atoms with Crippen LogP contribution in [0.5, 0.6) is 0 Å². The Bertz CT molecular complexity index is 229. The van der Waals surface area contributed by atoms with E-state index in [1.807, 2.05) is 13.0 Å². The molecule has 54 valence electrons. The Labute approximate surface area is 65.5 Å². The number of thiol groups is 1. The van der Waals surface area contributed by atoms with Crippen LogP contribution in [0.25, 0.3) is 0 Å². The lowest BCUT2D eigenvalue weighted by atomic mass is 10.1. The number of rotatable bonds is 0. The highest BCUT2D eigenvalue weighted by Crippen LogP contribution is 2.19. The Balaban J connectivity index is 3.34. The molecule has 0 N–H and O–H groups in total. The van der Waals surface area contributed by atoms with Crippen LogP contribution in [-0.4, -0.2) is 0 Å². The fourth-order valence-corrected chi connectivity index (χ4v) is 1.01. The summed E-state index contributed by atoms with van der Waals surface area (Å²) in [5.41, 5.74) is 1.53. The van der Waals surface area contributed by atoms with Crippen molar-refractivity contribution in [1.82, 2.24) is 0 Å². The van der Waals surface area contributed by atoms with Crippen molar-refractivity contribution in [3.8, 4) is 0 Å². The summed E-state index contributed by atoms with van der Waals surface area (Å²) in [4.78, 5) is 0.458. The average Bonchev–Trinajstić information content (AvgIpc) is 1.93. The van der Waals surface area contributed by atoms with Gasteiger partial charge in [0.05, 0.1) is 0 Å². The Hall–Kier alpha value is -0.500. The number of hydrogen-bond acceptors (Lipinski definition) is 1. The predicted molar refractivity (Wildman–Crippen MR) is 43.1 cm³/mol. The molecule has 1 aromatic rings. The Kier molecular flexibility index (Phi) is 2.00. The van der Waals surface area contributed by atoms with Crippen LogP contribution in [-0.2, 0) is 0 Å². The summed E-state index contributed by atoms with van der Waals surface area (Å²) in [6, 6.07) is 3.62. The van der Waals surface area contributed by atoms with Crippen molar-refractivity contribution >= 4 is 12.6 Å². The molecule has 1 aromatic carbocycles. The third-order valence-electron chi connectivity index (χ3n) is 1.51. The lowest BCUT2D eigenvalue weighted by Gasteiger charge is -2.01. The minimum atomic E-state index is -0.205. The molecule has 1 rings (SSSR count). The van der Waals surface area contributed by atoms with Crippen LogP contribution in [0.4, 0.5) is 4.39 Å². The van der Waals surface area contributed by atoms with Gasteiger partial charge in [-0.1, -0.05) is 12.1 Å². The molecule has 0 nitrogen and oxygen atoms in total. The lowest BCUT2D eigenvalue weighted by Crippen LogP contribution is -1.86. The zero-order valence-corrected chi connectivity index (χ0v) is 6.87. The zero-order chi connectivity index (χ0) is 7.72. The molecule has 0 aliphatic carbocycles. The SMILES string of the molecule is Cc1ccc(C)c(S)c1F. The Morgan fingerprint density at radius 2 is 1.70 bits per heavy atom. The second-order valence-electron chi connectivity index (χ2n) is 2.36. The normalized spacial score (nSPS) is 10.0. The van der Waals surface area contributed by atoms with E-state index in [0.29, 0.717) is 10.5 Å². The minimum Gasteiger partial charge on any atom is -0.205 e. The molecule has 0 saturated carbocycles. The van der Waals surface area contributed by atoms with Gasteiger partial charge in [-0.2, -0.15) is 0 Å². The Morgan fingerprint density at radius 3 is 2.20 bits per heavy atom. The first-order chi connectivity index (χ1) is 4.63. The van der Waals surface area contributed by atoms with Gasteiger partial charge in [-0.3, -0.25) is 0 Å². The van der Waals surface area contributed by atoms with Gasteiger partial charge in [0.1, 0.15) is 5.82 Å². The molecule has 0 unspecified atom stereocenters. The molecular weight excluding hydrogens is 147 g/mol. The highest BCUT2D eigenvalue weighted by atomic mass is 32.1. The number of aryl methyl sites for hydroxylation is 2. The number of benzene rings is 1. The summed E-state index contributed by atoms with van der Waals surface area (Å²) < 4.78 is 12.9. The van der Waals surface area contributed by atoms with E-state index in [1.165, 1.54) is 0 Å². The maximum atomic E-state index is 12.9. The molecule has 2 heteroatoms. The predicted octanol–water partition coefficient (Wildman–Crippen LogP) is 2.73. The van der Waals surface area contributed by atoms with Crippen molar-refractivity contribution in [3.05, 3.63) is 29.1 Å². The third kappa shape index (κ3) is 1.16. The smallest absolute Gasteiger partial charge is 0.139 e. The number of hydrogen-bond donors (Lipinski definition) is 1. The van der Waals surface area contributed by atoms with Crippen LogP contribution in [0.1, 0.15) is 11.1 Å². The van der Waals surface area contributed by atoms with Crippen molar-refractivity contribution in [1.29, 1.82) is 0 Å². The van der Waals surface area contributed by atoms with Crippen molar-refractivity contribution in [2.75, 3.05) is 0 Å². The van der Waals surface area contributed by atoms with Gasteiger partial charge in [-0.15, -0.1) is 12.6 Å². The molecule has 0 atom stereocenters. The minimum absolute atomic E-state index is 0.205. The molecule has 0 radical (unpaired) electrons. The monoisotopic (exact) mass is 156 g/mol. The maximum Gasteiger partial charge on any atom is 0.139 e. The van der Waals surface area contributed by atoms with E-state index in [1.54, 1.807) is 13.0 Å². The molecular formula is C8H9FS. The summed E-state index contributed by atoms with van der Waals surface area (Å²) in [7, 11) is 0. The molecule has 0 aliphatic rings. The van der Waals surface area contributed by atoms with Crippen LogP contribution < -0.4 is 0 Å². The first-order valence-corrected chi connectivity index (χ1v) is 3.52. The van der Waals surface area contributed by atoms with Crippen LogP contribution in [0.2, 0.25) is 0 Å². The van der Waals surface area contributed by atoms with E-state index in [-0.39, 0.29) is 5.82 Å². The lowest BCUT2D eigenvalue weighted by molar-refractivity contribution is 0.591. The van der Waals surface area contributed by atoms with Gasteiger partial charge in [0.2, 0.25) is 0 Å². The standard InChI is InChI=1S/C8H9FS/c1-5-3-4-6(2)8(10)7(5)9/h3-4,10H,1-2H3. The molecule has 0 bridgehead atoms.